The molecule has 0 unspecified atom stereocenters. The minimum absolute atomic E-state index is 0.168. The first-order valence-corrected chi connectivity index (χ1v) is 7.34. The Bertz CT molecular complexity index is 489. The highest BCUT2D eigenvalue weighted by molar-refractivity contribution is 5.88. The highest BCUT2D eigenvalue weighted by Crippen LogP contribution is 2.08. The Hall–Kier alpha value is -1.77. The van der Waals surface area contributed by atoms with Gasteiger partial charge in [0.05, 0.1) is 18.4 Å². The molecule has 122 valence electrons. The monoisotopic (exact) mass is 309 g/mol. The van der Waals surface area contributed by atoms with Gasteiger partial charge in [0.25, 0.3) is 0 Å². The fourth-order valence-electron chi connectivity index (χ4n) is 2.39. The Morgan fingerprint density at radius 1 is 1.41 bits per heavy atom. The number of urea groups is 1. The average molecular weight is 309 g/mol. The average Bonchev–Trinajstić information content (AvgIpc) is 2.48. The second kappa shape index (κ2) is 8.02. The van der Waals surface area contributed by atoms with E-state index in [4.69, 9.17) is 4.74 Å². The first-order valence-electron chi connectivity index (χ1n) is 7.34. The van der Waals surface area contributed by atoms with Gasteiger partial charge in [0, 0.05) is 45.9 Å². The van der Waals surface area contributed by atoms with E-state index in [-0.39, 0.29) is 12.1 Å². The summed E-state index contributed by atoms with van der Waals surface area (Å²) in [5, 5.41) is 12.2. The zero-order valence-corrected chi connectivity index (χ0v) is 13.0. The lowest BCUT2D eigenvalue weighted by atomic mass is 10.3. The molecule has 0 bridgehead atoms. The normalized spacial score (nSPS) is 17.3. The van der Waals surface area contributed by atoms with Crippen LogP contribution in [-0.4, -0.2) is 76.8 Å². The highest BCUT2D eigenvalue weighted by atomic mass is 16.5. The summed E-state index contributed by atoms with van der Waals surface area (Å²) in [4.78, 5) is 24.2. The van der Waals surface area contributed by atoms with Crippen molar-refractivity contribution in [2.75, 3.05) is 45.2 Å². The van der Waals surface area contributed by atoms with E-state index in [0.29, 0.717) is 32.1 Å². The maximum Gasteiger partial charge on any atom is 0.323 e. The number of methoxy groups -OCH3 is 1. The summed E-state index contributed by atoms with van der Waals surface area (Å²) < 4.78 is 5.01. The highest BCUT2D eigenvalue weighted by Gasteiger charge is 2.22. The van der Waals surface area contributed by atoms with Crippen LogP contribution in [0.3, 0.4) is 0 Å². The zero-order valence-electron chi connectivity index (χ0n) is 13.0. The van der Waals surface area contributed by atoms with Gasteiger partial charge in [-0.25, -0.2) is 14.8 Å². The van der Waals surface area contributed by atoms with Crippen LogP contribution >= 0.6 is 0 Å². The number of nitrogens with one attached hydrogen (secondary N) is 1. The third-order valence-electron chi connectivity index (χ3n) is 3.43. The van der Waals surface area contributed by atoms with Gasteiger partial charge in [0.15, 0.2) is 0 Å². The van der Waals surface area contributed by atoms with Crippen LogP contribution in [0.1, 0.15) is 12.6 Å². The van der Waals surface area contributed by atoms with Crippen molar-refractivity contribution in [2.24, 2.45) is 0 Å². The molecule has 0 aliphatic carbocycles. The molecule has 1 saturated heterocycles. The van der Waals surface area contributed by atoms with Gasteiger partial charge in [0.1, 0.15) is 12.1 Å². The van der Waals surface area contributed by atoms with Crippen molar-refractivity contribution in [1.29, 1.82) is 0 Å². The van der Waals surface area contributed by atoms with Gasteiger partial charge in [-0.2, -0.15) is 0 Å². The lowest BCUT2D eigenvalue weighted by Gasteiger charge is -2.35. The van der Waals surface area contributed by atoms with Crippen molar-refractivity contribution in [3.8, 4) is 0 Å². The van der Waals surface area contributed by atoms with E-state index in [1.54, 1.807) is 25.0 Å². The van der Waals surface area contributed by atoms with Gasteiger partial charge < -0.3 is 14.7 Å². The molecule has 1 atom stereocenters. The van der Waals surface area contributed by atoms with Crippen LogP contribution in [0.5, 0.6) is 0 Å². The Kier molecular flexibility index (Phi) is 6.05. The number of hydrogen-bond donors (Lipinski definition) is 2. The fourth-order valence-corrected chi connectivity index (χ4v) is 2.39. The molecule has 0 saturated carbocycles. The summed E-state index contributed by atoms with van der Waals surface area (Å²) in [6.45, 7) is 5.58. The van der Waals surface area contributed by atoms with E-state index in [1.165, 1.54) is 6.33 Å². The predicted molar refractivity (Wildman–Crippen MR) is 81.5 cm³/mol. The summed E-state index contributed by atoms with van der Waals surface area (Å²) in [5.74, 6) is 0.471. The number of β-amino-alcohol motifs (C(OH)–C–C–N with tert-alkyl or cyclic N) is 1. The Labute approximate surface area is 130 Å². The van der Waals surface area contributed by atoms with Crippen LogP contribution in [0.2, 0.25) is 0 Å². The number of rotatable bonds is 5. The number of aromatic nitrogens is 2. The number of aliphatic hydroxyl groups excluding tert-OH is 1. The second-order valence-electron chi connectivity index (χ2n) is 5.39. The lowest BCUT2D eigenvalue weighted by molar-refractivity contribution is 0.0924. The summed E-state index contributed by atoms with van der Waals surface area (Å²) in [7, 11) is 1.59. The number of aliphatic hydroxyl groups is 1. The van der Waals surface area contributed by atoms with Crippen molar-refractivity contribution < 1.29 is 14.6 Å². The van der Waals surface area contributed by atoms with Crippen molar-refractivity contribution in [2.45, 2.75) is 19.6 Å². The topological polar surface area (TPSA) is 90.8 Å². The fraction of sp³-hybridized carbons (Fsp3) is 0.643. The second-order valence-corrected chi connectivity index (χ2v) is 5.39. The molecule has 8 nitrogen and oxygen atoms in total. The molecule has 0 radical (unpaired) electrons. The minimum atomic E-state index is -0.347. The summed E-state index contributed by atoms with van der Waals surface area (Å²) in [6, 6.07) is 1.53. The van der Waals surface area contributed by atoms with Crippen molar-refractivity contribution in [1.82, 2.24) is 19.8 Å². The number of carbonyl (C=O) groups excluding carboxylic acids is 1. The number of anilines is 1. The molecule has 2 N–H and O–H groups in total. The van der Waals surface area contributed by atoms with Gasteiger partial charge in [-0.05, 0) is 6.92 Å². The summed E-state index contributed by atoms with van der Waals surface area (Å²) in [5.41, 5.74) is 0.717. The first-order chi connectivity index (χ1) is 10.6. The van der Waals surface area contributed by atoms with Gasteiger partial charge in [-0.3, -0.25) is 10.2 Å². The first kappa shape index (κ1) is 16.6. The van der Waals surface area contributed by atoms with Crippen LogP contribution in [-0.2, 0) is 11.3 Å². The molecule has 1 aliphatic rings. The number of carbonyl (C=O) groups is 1. The zero-order chi connectivity index (χ0) is 15.9. The number of piperazine rings is 1. The minimum Gasteiger partial charge on any atom is -0.392 e. The van der Waals surface area contributed by atoms with Crippen LogP contribution in [0.4, 0.5) is 10.6 Å². The maximum atomic E-state index is 12.2. The molecule has 8 heteroatoms. The standard InChI is InChI=1S/C14H23N5O3/c1-11(20)8-18-3-5-19(6-4-18)14(21)17-13-7-12(9-22-2)15-10-16-13/h7,10-11,20H,3-6,8-9H2,1-2H3,(H,15,16,17,21)/t11-/m0/s1. The van der Waals surface area contributed by atoms with Crippen LogP contribution in [0.25, 0.3) is 0 Å². The number of nitrogens with zero attached hydrogens (tertiary/aromatic N) is 4. The smallest absolute Gasteiger partial charge is 0.323 e. The third-order valence-corrected chi connectivity index (χ3v) is 3.43. The Morgan fingerprint density at radius 3 is 2.77 bits per heavy atom. The Balaban J connectivity index is 1.84. The van der Waals surface area contributed by atoms with Crippen molar-refractivity contribution in [3.63, 3.8) is 0 Å². The van der Waals surface area contributed by atoms with Crippen molar-refractivity contribution >= 4 is 11.8 Å². The summed E-state index contributed by atoms with van der Waals surface area (Å²) in [6.07, 6.45) is 1.06. The molecule has 2 rings (SSSR count). The molecule has 22 heavy (non-hydrogen) atoms. The van der Waals surface area contributed by atoms with Gasteiger partial charge in [0.2, 0.25) is 0 Å². The molecule has 1 fully saturated rings. The van der Waals surface area contributed by atoms with Gasteiger partial charge in [-0.1, -0.05) is 0 Å². The van der Waals surface area contributed by atoms with Gasteiger partial charge in [-0.15, -0.1) is 0 Å². The molecule has 2 amide bonds. The SMILES string of the molecule is COCc1cc(NC(=O)N2CCN(C[C@H](C)O)CC2)ncn1. The van der Waals surface area contributed by atoms with Crippen LogP contribution < -0.4 is 5.32 Å². The van der Waals surface area contributed by atoms with E-state index < -0.39 is 0 Å². The van der Waals surface area contributed by atoms with E-state index >= 15 is 0 Å². The predicted octanol–water partition coefficient (Wildman–Crippen LogP) is 0.153. The quantitative estimate of drug-likeness (QED) is 0.805. The molecule has 0 spiro atoms. The van der Waals surface area contributed by atoms with E-state index in [1.807, 2.05) is 0 Å². The van der Waals surface area contributed by atoms with E-state index in [9.17, 15) is 9.90 Å². The lowest BCUT2D eigenvalue weighted by Crippen LogP contribution is -2.51. The summed E-state index contributed by atoms with van der Waals surface area (Å²) >= 11 is 0. The number of hydrogen-bond acceptors (Lipinski definition) is 6. The molecule has 1 aliphatic heterocycles. The van der Waals surface area contributed by atoms with Gasteiger partial charge >= 0.3 is 6.03 Å². The number of amides is 2. The maximum absolute atomic E-state index is 12.2. The van der Waals surface area contributed by atoms with Crippen LogP contribution in [0.15, 0.2) is 12.4 Å². The molecular formula is C14H23N5O3. The van der Waals surface area contributed by atoms with Crippen molar-refractivity contribution in [3.05, 3.63) is 18.1 Å². The molecule has 0 aromatic carbocycles. The molecular weight excluding hydrogens is 286 g/mol. The number of ether oxygens (including phenoxy) is 1. The largest absolute Gasteiger partial charge is 0.392 e. The Morgan fingerprint density at radius 2 is 2.14 bits per heavy atom. The molecule has 2 heterocycles. The van der Waals surface area contributed by atoms with E-state index in [0.717, 1.165) is 18.8 Å². The third kappa shape index (κ3) is 4.90. The molecule has 1 aromatic heterocycles. The molecule has 1 aromatic rings. The van der Waals surface area contributed by atoms with E-state index in [2.05, 4.69) is 20.2 Å². The van der Waals surface area contributed by atoms with Crippen LogP contribution in [0, 0.1) is 0 Å².